The first kappa shape index (κ1) is 21.1. The third-order valence-corrected chi connectivity index (χ3v) is 6.46. The maximum atomic E-state index is 13.1. The Morgan fingerprint density at radius 1 is 1.03 bits per heavy atom. The van der Waals surface area contributed by atoms with Crippen LogP contribution in [0.25, 0.3) is 32.7 Å². The van der Waals surface area contributed by atoms with Crippen LogP contribution in [-0.2, 0) is 4.79 Å². The molecule has 0 aliphatic heterocycles. The van der Waals surface area contributed by atoms with Crippen molar-refractivity contribution in [1.82, 2.24) is 15.2 Å². The van der Waals surface area contributed by atoms with E-state index in [-0.39, 0.29) is 11.8 Å². The number of aromatic nitrogens is 3. The van der Waals surface area contributed by atoms with Crippen molar-refractivity contribution < 1.29 is 4.79 Å². The van der Waals surface area contributed by atoms with Gasteiger partial charge in [0.25, 0.3) is 0 Å². The molecule has 0 spiro atoms. The zero-order valence-electron chi connectivity index (χ0n) is 17.9. The summed E-state index contributed by atoms with van der Waals surface area (Å²) in [6.07, 6.45) is 2.39. The molecule has 0 fully saturated rings. The first-order valence-corrected chi connectivity index (χ1v) is 11.6. The Bertz CT molecular complexity index is 1360. The van der Waals surface area contributed by atoms with E-state index in [0.717, 1.165) is 44.0 Å². The van der Waals surface area contributed by atoms with Gasteiger partial charge in [0, 0.05) is 33.8 Å². The van der Waals surface area contributed by atoms with Crippen molar-refractivity contribution in [2.75, 3.05) is 11.9 Å². The number of nitrogens with zero attached hydrogens (tertiary/aromatic N) is 2. The highest BCUT2D eigenvalue weighted by atomic mass is 32.1. The number of hydrogen-bond donors (Lipinski definition) is 3. The number of hydrogen-bond acceptors (Lipinski definition) is 5. The third kappa shape index (κ3) is 4.41. The number of nitrogens with one attached hydrogen (secondary N) is 2. The molecular formula is C26H23N5OS. The lowest BCUT2D eigenvalue weighted by atomic mass is 9.94. The van der Waals surface area contributed by atoms with Crippen LogP contribution in [-0.4, -0.2) is 27.6 Å². The number of aromatic amines is 1. The molecular weight excluding hydrogens is 430 g/mol. The molecule has 0 radical (unpaired) electrons. The van der Waals surface area contributed by atoms with Crippen LogP contribution in [0.3, 0.4) is 0 Å². The van der Waals surface area contributed by atoms with Crippen molar-refractivity contribution in [3.05, 3.63) is 89.9 Å². The van der Waals surface area contributed by atoms with E-state index in [1.54, 1.807) is 17.5 Å². The molecule has 0 saturated heterocycles. The van der Waals surface area contributed by atoms with Crippen molar-refractivity contribution in [2.24, 2.45) is 5.73 Å². The molecule has 3 aromatic carbocycles. The van der Waals surface area contributed by atoms with Crippen molar-refractivity contribution in [3.63, 3.8) is 0 Å². The molecule has 2 heterocycles. The van der Waals surface area contributed by atoms with E-state index < -0.39 is 0 Å². The number of thiazole rings is 1. The van der Waals surface area contributed by atoms with Crippen molar-refractivity contribution in [2.45, 2.75) is 12.3 Å². The SMILES string of the molecule is NCCC(C(=O)Nc1ccc2[nH]nc(-c3ccc(-c4nccs4)cc3)c2c1)c1ccccc1. The van der Waals surface area contributed by atoms with Gasteiger partial charge in [0.2, 0.25) is 5.91 Å². The first-order chi connectivity index (χ1) is 16.2. The van der Waals surface area contributed by atoms with Gasteiger partial charge in [0.15, 0.2) is 0 Å². The summed E-state index contributed by atoms with van der Waals surface area (Å²) in [7, 11) is 0. The number of anilines is 1. The molecule has 1 atom stereocenters. The summed E-state index contributed by atoms with van der Waals surface area (Å²) in [6, 6.07) is 23.7. The minimum Gasteiger partial charge on any atom is -0.330 e. The Morgan fingerprint density at radius 3 is 2.55 bits per heavy atom. The quantitative estimate of drug-likeness (QED) is 0.306. The summed E-state index contributed by atoms with van der Waals surface area (Å²) < 4.78 is 0. The van der Waals surface area contributed by atoms with E-state index in [4.69, 9.17) is 5.73 Å². The van der Waals surface area contributed by atoms with Crippen LogP contribution in [0.2, 0.25) is 0 Å². The summed E-state index contributed by atoms with van der Waals surface area (Å²) in [6.45, 7) is 0.439. The summed E-state index contributed by atoms with van der Waals surface area (Å²) in [5.74, 6) is -0.363. The number of nitrogens with two attached hydrogens (primary N) is 1. The number of carbonyl (C=O) groups is 1. The van der Waals surface area contributed by atoms with E-state index in [1.807, 2.05) is 66.0 Å². The van der Waals surface area contributed by atoms with Crippen molar-refractivity contribution >= 4 is 33.8 Å². The van der Waals surface area contributed by atoms with Crippen molar-refractivity contribution in [3.8, 4) is 21.8 Å². The summed E-state index contributed by atoms with van der Waals surface area (Å²) in [5.41, 5.74) is 11.3. The molecule has 5 rings (SSSR count). The number of fused-ring (bicyclic) bond motifs is 1. The highest BCUT2D eigenvalue weighted by molar-refractivity contribution is 7.13. The summed E-state index contributed by atoms with van der Waals surface area (Å²) in [4.78, 5) is 17.5. The lowest BCUT2D eigenvalue weighted by Gasteiger charge is -2.16. The van der Waals surface area contributed by atoms with Gasteiger partial charge in [-0.25, -0.2) is 4.98 Å². The fraction of sp³-hybridized carbons (Fsp3) is 0.115. The van der Waals surface area contributed by atoms with E-state index in [0.29, 0.717) is 13.0 Å². The Labute approximate surface area is 195 Å². The zero-order valence-corrected chi connectivity index (χ0v) is 18.7. The second kappa shape index (κ2) is 9.36. The third-order valence-electron chi connectivity index (χ3n) is 5.64. The number of amides is 1. The topological polar surface area (TPSA) is 96.7 Å². The van der Waals surface area contributed by atoms with E-state index in [9.17, 15) is 4.79 Å². The van der Waals surface area contributed by atoms with Crippen LogP contribution < -0.4 is 11.1 Å². The van der Waals surface area contributed by atoms with Crippen LogP contribution in [0.1, 0.15) is 17.9 Å². The maximum absolute atomic E-state index is 13.1. The Hall–Kier alpha value is -3.81. The Balaban J connectivity index is 1.42. The average Bonchev–Trinajstić information content (AvgIpc) is 3.53. The minimum absolute atomic E-state index is 0.0659. The molecule has 33 heavy (non-hydrogen) atoms. The Morgan fingerprint density at radius 2 is 1.82 bits per heavy atom. The van der Waals surface area contributed by atoms with Gasteiger partial charge < -0.3 is 11.1 Å². The van der Waals surface area contributed by atoms with Crippen LogP contribution in [0.15, 0.2) is 84.4 Å². The molecule has 5 aromatic rings. The van der Waals surface area contributed by atoms with Gasteiger partial charge >= 0.3 is 0 Å². The Kier molecular flexibility index (Phi) is 5.97. The van der Waals surface area contributed by atoms with E-state index in [1.165, 1.54) is 0 Å². The highest BCUT2D eigenvalue weighted by Crippen LogP contribution is 2.31. The number of benzene rings is 3. The van der Waals surface area contributed by atoms with Gasteiger partial charge in [-0.2, -0.15) is 5.10 Å². The van der Waals surface area contributed by atoms with E-state index in [2.05, 4.69) is 32.6 Å². The van der Waals surface area contributed by atoms with Crippen LogP contribution >= 0.6 is 11.3 Å². The van der Waals surface area contributed by atoms with Crippen LogP contribution in [0.5, 0.6) is 0 Å². The van der Waals surface area contributed by atoms with Gasteiger partial charge in [0.1, 0.15) is 5.01 Å². The molecule has 0 aliphatic rings. The molecule has 7 heteroatoms. The molecule has 0 bridgehead atoms. The number of carbonyl (C=O) groups excluding carboxylic acids is 1. The molecule has 2 aromatic heterocycles. The molecule has 6 nitrogen and oxygen atoms in total. The number of rotatable bonds is 7. The zero-order chi connectivity index (χ0) is 22.6. The molecule has 0 saturated carbocycles. The molecule has 4 N–H and O–H groups in total. The summed E-state index contributed by atoms with van der Waals surface area (Å²) in [5, 5.41) is 14.6. The standard InChI is InChI=1S/C26H23N5OS/c27-13-12-21(17-4-2-1-3-5-17)25(32)29-20-10-11-23-22(16-20)24(31-30-23)18-6-8-19(9-7-18)26-28-14-15-33-26/h1-11,14-16,21H,12-13,27H2,(H,29,32)(H,30,31). The normalized spacial score (nSPS) is 12.0. The van der Waals surface area contributed by atoms with Gasteiger partial charge in [-0.3, -0.25) is 9.89 Å². The molecule has 164 valence electrons. The smallest absolute Gasteiger partial charge is 0.231 e. The monoisotopic (exact) mass is 453 g/mol. The maximum Gasteiger partial charge on any atom is 0.231 e. The predicted molar refractivity (Wildman–Crippen MR) is 134 cm³/mol. The average molecular weight is 454 g/mol. The molecule has 0 aliphatic carbocycles. The van der Waals surface area contributed by atoms with Gasteiger partial charge in [-0.1, -0.05) is 54.6 Å². The van der Waals surface area contributed by atoms with Crippen LogP contribution in [0, 0.1) is 0 Å². The number of H-pyrrole nitrogens is 1. The summed E-state index contributed by atoms with van der Waals surface area (Å²) >= 11 is 1.61. The highest BCUT2D eigenvalue weighted by Gasteiger charge is 2.20. The molecule has 1 amide bonds. The fourth-order valence-corrected chi connectivity index (χ4v) is 4.62. The lowest BCUT2D eigenvalue weighted by molar-refractivity contribution is -0.117. The lowest BCUT2D eigenvalue weighted by Crippen LogP contribution is -2.23. The second-order valence-corrected chi connectivity index (χ2v) is 8.67. The second-order valence-electron chi connectivity index (χ2n) is 7.78. The largest absolute Gasteiger partial charge is 0.330 e. The van der Waals surface area contributed by atoms with Gasteiger partial charge in [-0.05, 0) is 36.7 Å². The minimum atomic E-state index is -0.297. The fourth-order valence-electron chi connectivity index (χ4n) is 3.98. The first-order valence-electron chi connectivity index (χ1n) is 10.8. The predicted octanol–water partition coefficient (Wildman–Crippen LogP) is 5.42. The van der Waals surface area contributed by atoms with Gasteiger partial charge in [0.05, 0.1) is 17.1 Å². The van der Waals surface area contributed by atoms with Gasteiger partial charge in [-0.15, -0.1) is 11.3 Å². The van der Waals surface area contributed by atoms with E-state index >= 15 is 0 Å². The van der Waals surface area contributed by atoms with Crippen LogP contribution in [0.4, 0.5) is 5.69 Å². The van der Waals surface area contributed by atoms with Crippen molar-refractivity contribution in [1.29, 1.82) is 0 Å². The molecule has 1 unspecified atom stereocenters.